The fourth-order valence-electron chi connectivity index (χ4n) is 2.39. The third-order valence-corrected chi connectivity index (χ3v) is 5.16. The fraction of sp³-hybridized carbons (Fsp3) is 0.588. The molecule has 0 aromatic heterocycles. The lowest BCUT2D eigenvalue weighted by Gasteiger charge is -2.09. The van der Waals surface area contributed by atoms with Gasteiger partial charge in [0.2, 0.25) is 10.0 Å². The molecular formula is C17H27NO4S. The Morgan fingerprint density at radius 3 is 2.30 bits per heavy atom. The van der Waals surface area contributed by atoms with Crippen LogP contribution in [0.1, 0.15) is 67.8 Å². The normalized spacial score (nSPS) is 11.5. The number of unbranched alkanes of at least 4 members (excludes halogenated alkanes) is 6. The summed E-state index contributed by atoms with van der Waals surface area (Å²) in [6, 6.07) is 6.42. The van der Waals surface area contributed by atoms with Crippen molar-refractivity contribution < 1.29 is 18.3 Å². The van der Waals surface area contributed by atoms with Gasteiger partial charge >= 0.3 is 5.97 Å². The molecular weight excluding hydrogens is 314 g/mol. The minimum atomic E-state index is -3.36. The zero-order valence-electron chi connectivity index (χ0n) is 13.8. The molecule has 0 unspecified atom stereocenters. The summed E-state index contributed by atoms with van der Waals surface area (Å²) in [7, 11) is -3.36. The molecule has 0 radical (unpaired) electrons. The van der Waals surface area contributed by atoms with Gasteiger partial charge in [-0.15, -0.1) is 0 Å². The molecule has 2 N–H and O–H groups in total. The van der Waals surface area contributed by atoms with E-state index in [1.807, 2.05) is 0 Å². The minimum Gasteiger partial charge on any atom is -0.478 e. The van der Waals surface area contributed by atoms with Crippen LogP contribution in [0.5, 0.6) is 0 Å². The average molecular weight is 341 g/mol. The molecule has 0 aliphatic heterocycles. The Kier molecular flexibility index (Phi) is 8.87. The first-order valence-corrected chi connectivity index (χ1v) is 9.90. The van der Waals surface area contributed by atoms with Crippen LogP contribution >= 0.6 is 0 Å². The maximum atomic E-state index is 12.0. The molecule has 0 spiro atoms. The number of carboxylic acids is 1. The molecule has 130 valence electrons. The highest BCUT2D eigenvalue weighted by atomic mass is 32.2. The Morgan fingerprint density at radius 2 is 1.65 bits per heavy atom. The van der Waals surface area contributed by atoms with E-state index >= 15 is 0 Å². The zero-order chi connectivity index (χ0) is 17.1. The monoisotopic (exact) mass is 341 g/mol. The first kappa shape index (κ1) is 19.6. The summed E-state index contributed by atoms with van der Waals surface area (Å²) in [5.74, 6) is -0.956. The number of benzene rings is 1. The van der Waals surface area contributed by atoms with Crippen LogP contribution in [-0.4, -0.2) is 25.2 Å². The van der Waals surface area contributed by atoms with Crippen molar-refractivity contribution >= 4 is 16.0 Å². The summed E-state index contributed by atoms with van der Waals surface area (Å²) in [5, 5.41) is 9.08. The van der Waals surface area contributed by atoms with E-state index in [-0.39, 0.29) is 17.9 Å². The van der Waals surface area contributed by atoms with E-state index in [2.05, 4.69) is 11.6 Å². The van der Waals surface area contributed by atoms with Crippen LogP contribution in [0.4, 0.5) is 0 Å². The lowest BCUT2D eigenvalue weighted by atomic mass is 10.1. The molecule has 23 heavy (non-hydrogen) atoms. The van der Waals surface area contributed by atoms with E-state index in [1.165, 1.54) is 25.3 Å². The highest BCUT2D eigenvalue weighted by Gasteiger charge is 2.13. The number of aromatic carboxylic acids is 1. The second-order valence-electron chi connectivity index (χ2n) is 5.72. The van der Waals surface area contributed by atoms with Gasteiger partial charge < -0.3 is 5.11 Å². The first-order chi connectivity index (χ1) is 11.0. The molecule has 0 bridgehead atoms. The summed E-state index contributed by atoms with van der Waals surface area (Å²) in [5.41, 5.74) is 0.606. The van der Waals surface area contributed by atoms with Crippen molar-refractivity contribution in [2.45, 2.75) is 58.4 Å². The van der Waals surface area contributed by atoms with E-state index < -0.39 is 16.0 Å². The van der Waals surface area contributed by atoms with Gasteiger partial charge in [-0.2, -0.15) is 0 Å². The molecule has 0 aliphatic rings. The van der Waals surface area contributed by atoms with Gasteiger partial charge in [-0.3, -0.25) is 0 Å². The van der Waals surface area contributed by atoms with Gasteiger partial charge in [0.1, 0.15) is 0 Å². The topological polar surface area (TPSA) is 83.5 Å². The Labute approximate surface area is 139 Å². The second-order valence-corrected chi connectivity index (χ2v) is 7.65. The number of hydrogen-bond acceptors (Lipinski definition) is 3. The number of carbonyl (C=O) groups is 1. The summed E-state index contributed by atoms with van der Waals surface area (Å²) >= 11 is 0. The molecule has 1 aromatic rings. The van der Waals surface area contributed by atoms with Gasteiger partial charge in [-0.1, -0.05) is 63.6 Å². The van der Waals surface area contributed by atoms with E-state index in [0.29, 0.717) is 12.0 Å². The van der Waals surface area contributed by atoms with Gasteiger partial charge in [0.05, 0.1) is 11.3 Å². The Balaban J connectivity index is 2.34. The van der Waals surface area contributed by atoms with E-state index in [4.69, 9.17) is 5.11 Å². The van der Waals surface area contributed by atoms with E-state index in [1.54, 1.807) is 18.2 Å². The number of rotatable bonds is 12. The van der Waals surface area contributed by atoms with Crippen LogP contribution in [0.2, 0.25) is 0 Å². The lowest BCUT2D eigenvalue weighted by Crippen LogP contribution is -2.26. The van der Waals surface area contributed by atoms with Crippen LogP contribution in [-0.2, 0) is 16.6 Å². The fourth-order valence-corrected chi connectivity index (χ4v) is 3.50. The molecule has 5 nitrogen and oxygen atoms in total. The van der Waals surface area contributed by atoms with Gasteiger partial charge in [-0.05, 0) is 18.1 Å². The number of sulfonamides is 1. The van der Waals surface area contributed by atoms with Crippen LogP contribution in [0.15, 0.2) is 24.3 Å². The summed E-state index contributed by atoms with van der Waals surface area (Å²) < 4.78 is 26.4. The van der Waals surface area contributed by atoms with Crippen molar-refractivity contribution in [1.29, 1.82) is 0 Å². The van der Waals surface area contributed by atoms with Crippen LogP contribution in [0.25, 0.3) is 0 Å². The maximum absolute atomic E-state index is 12.0. The quantitative estimate of drug-likeness (QED) is 0.569. The van der Waals surface area contributed by atoms with Crippen molar-refractivity contribution in [3.8, 4) is 0 Å². The molecule has 0 fully saturated rings. The Morgan fingerprint density at radius 1 is 1.04 bits per heavy atom. The molecule has 0 atom stereocenters. The number of carboxylic acid groups (broad SMARTS) is 1. The van der Waals surface area contributed by atoms with Crippen LogP contribution < -0.4 is 4.72 Å². The highest BCUT2D eigenvalue weighted by Crippen LogP contribution is 2.10. The lowest BCUT2D eigenvalue weighted by molar-refractivity contribution is 0.0695. The highest BCUT2D eigenvalue weighted by molar-refractivity contribution is 7.89. The minimum absolute atomic E-state index is 0.0152. The molecule has 0 amide bonds. The van der Waals surface area contributed by atoms with Crippen molar-refractivity contribution in [3.63, 3.8) is 0 Å². The van der Waals surface area contributed by atoms with E-state index in [0.717, 1.165) is 19.3 Å². The smallest absolute Gasteiger partial charge is 0.336 e. The van der Waals surface area contributed by atoms with Gasteiger partial charge in [0.25, 0.3) is 0 Å². The van der Waals surface area contributed by atoms with Gasteiger partial charge in [0.15, 0.2) is 0 Å². The summed E-state index contributed by atoms with van der Waals surface area (Å²) in [6.45, 7) is 2.18. The first-order valence-electron chi connectivity index (χ1n) is 8.25. The summed E-state index contributed by atoms with van der Waals surface area (Å²) in [6.07, 6.45) is 7.44. The van der Waals surface area contributed by atoms with Crippen molar-refractivity contribution in [2.24, 2.45) is 0 Å². The predicted molar refractivity (Wildman–Crippen MR) is 92.0 cm³/mol. The van der Waals surface area contributed by atoms with Crippen molar-refractivity contribution in [3.05, 3.63) is 35.4 Å². The molecule has 1 aromatic carbocycles. The third-order valence-electron chi connectivity index (χ3n) is 3.75. The standard InChI is InChI=1S/C17H27NO4S/c1-2-3-4-5-6-7-10-13-23(21,22)18-14-15-11-8-9-12-16(15)17(19)20/h8-9,11-12,18H,2-7,10,13-14H2,1H3,(H,19,20). The van der Waals surface area contributed by atoms with E-state index in [9.17, 15) is 13.2 Å². The molecule has 0 aliphatic carbocycles. The maximum Gasteiger partial charge on any atom is 0.336 e. The van der Waals surface area contributed by atoms with Crippen LogP contribution in [0, 0.1) is 0 Å². The number of nitrogens with one attached hydrogen (secondary N) is 1. The molecule has 6 heteroatoms. The number of hydrogen-bond donors (Lipinski definition) is 2. The zero-order valence-corrected chi connectivity index (χ0v) is 14.6. The van der Waals surface area contributed by atoms with Gasteiger partial charge in [0, 0.05) is 6.54 Å². The largest absolute Gasteiger partial charge is 0.478 e. The molecule has 0 saturated carbocycles. The molecule has 1 rings (SSSR count). The third kappa shape index (κ3) is 8.13. The molecule has 0 saturated heterocycles. The summed E-state index contributed by atoms with van der Waals surface area (Å²) in [4.78, 5) is 11.1. The Hall–Kier alpha value is -1.40. The SMILES string of the molecule is CCCCCCCCCS(=O)(=O)NCc1ccccc1C(=O)O. The average Bonchev–Trinajstić information content (AvgIpc) is 2.52. The van der Waals surface area contributed by atoms with Crippen LogP contribution in [0.3, 0.4) is 0 Å². The van der Waals surface area contributed by atoms with Gasteiger partial charge in [-0.25, -0.2) is 17.9 Å². The molecule has 0 heterocycles. The second kappa shape index (κ2) is 10.4. The van der Waals surface area contributed by atoms with Crippen molar-refractivity contribution in [1.82, 2.24) is 4.72 Å². The predicted octanol–water partition coefficient (Wildman–Crippen LogP) is 3.55. The van der Waals surface area contributed by atoms with Crippen molar-refractivity contribution in [2.75, 3.05) is 5.75 Å². The Bertz CT molecular complexity index is 584.